The third-order valence-electron chi connectivity index (χ3n) is 2.30. The minimum absolute atomic E-state index is 0.0466. The third-order valence-corrected chi connectivity index (χ3v) is 2.46. The molecule has 1 heterocycles. The Bertz CT molecular complexity index is 437. The van der Waals surface area contributed by atoms with Crippen molar-refractivity contribution in [2.75, 3.05) is 0 Å². The van der Waals surface area contributed by atoms with Gasteiger partial charge in [0.15, 0.2) is 0 Å². The SMILES string of the molecule is CC(C)(S)Cc1c[nH]c2ccccc12. The van der Waals surface area contributed by atoms with Crippen molar-refractivity contribution in [3.63, 3.8) is 0 Å². The zero-order chi connectivity index (χ0) is 10.2. The van der Waals surface area contributed by atoms with Crippen LogP contribution >= 0.6 is 12.6 Å². The molecule has 0 aliphatic carbocycles. The highest BCUT2D eigenvalue weighted by Gasteiger charge is 2.14. The predicted molar refractivity (Wildman–Crippen MR) is 65.1 cm³/mol. The molecule has 1 N–H and O–H groups in total. The maximum atomic E-state index is 4.55. The summed E-state index contributed by atoms with van der Waals surface area (Å²) in [5, 5.41) is 1.31. The molecule has 1 aromatic heterocycles. The van der Waals surface area contributed by atoms with Gasteiger partial charge in [0.1, 0.15) is 0 Å². The Labute approximate surface area is 89.9 Å². The monoisotopic (exact) mass is 205 g/mol. The number of aromatic nitrogens is 1. The molecule has 14 heavy (non-hydrogen) atoms. The van der Waals surface area contributed by atoms with Gasteiger partial charge in [-0.15, -0.1) is 0 Å². The summed E-state index contributed by atoms with van der Waals surface area (Å²) in [7, 11) is 0. The van der Waals surface area contributed by atoms with Gasteiger partial charge in [0, 0.05) is 21.8 Å². The lowest BCUT2D eigenvalue weighted by molar-refractivity contribution is 0.718. The molecule has 0 saturated carbocycles. The van der Waals surface area contributed by atoms with Crippen LogP contribution in [0.15, 0.2) is 30.5 Å². The molecule has 0 aliphatic rings. The first-order chi connectivity index (χ1) is 6.56. The Hall–Kier alpha value is -0.890. The van der Waals surface area contributed by atoms with E-state index in [4.69, 9.17) is 0 Å². The number of rotatable bonds is 2. The smallest absolute Gasteiger partial charge is 0.0456 e. The van der Waals surface area contributed by atoms with Crippen molar-refractivity contribution in [2.24, 2.45) is 0 Å². The molecule has 0 spiro atoms. The molecule has 74 valence electrons. The molecule has 0 amide bonds. The summed E-state index contributed by atoms with van der Waals surface area (Å²) in [4.78, 5) is 3.28. The lowest BCUT2D eigenvalue weighted by atomic mass is 10.0. The van der Waals surface area contributed by atoms with E-state index in [1.54, 1.807) is 0 Å². The number of para-hydroxylation sites is 1. The standard InChI is InChI=1S/C12H15NS/c1-12(2,14)7-9-8-13-11-6-4-3-5-10(9)11/h3-6,8,13-14H,7H2,1-2H3. The van der Waals surface area contributed by atoms with Crippen LogP contribution in [0.5, 0.6) is 0 Å². The van der Waals surface area contributed by atoms with Gasteiger partial charge >= 0.3 is 0 Å². The summed E-state index contributed by atoms with van der Waals surface area (Å²) >= 11 is 4.55. The van der Waals surface area contributed by atoms with Crippen LogP contribution in [0.3, 0.4) is 0 Å². The van der Waals surface area contributed by atoms with Crippen molar-refractivity contribution in [3.05, 3.63) is 36.0 Å². The molecule has 0 bridgehead atoms. The van der Waals surface area contributed by atoms with Crippen molar-refractivity contribution >= 4 is 23.5 Å². The number of hydrogen-bond acceptors (Lipinski definition) is 1. The first-order valence-electron chi connectivity index (χ1n) is 4.84. The van der Waals surface area contributed by atoms with Gasteiger partial charge in [0.2, 0.25) is 0 Å². The first-order valence-corrected chi connectivity index (χ1v) is 5.28. The largest absolute Gasteiger partial charge is 0.361 e. The van der Waals surface area contributed by atoms with E-state index in [0.29, 0.717) is 0 Å². The number of H-pyrrole nitrogens is 1. The molecule has 1 aromatic carbocycles. The summed E-state index contributed by atoms with van der Waals surface area (Å²) in [5.41, 5.74) is 2.56. The maximum Gasteiger partial charge on any atom is 0.0456 e. The van der Waals surface area contributed by atoms with Crippen molar-refractivity contribution in [3.8, 4) is 0 Å². The summed E-state index contributed by atoms with van der Waals surface area (Å²) < 4.78 is 0.0466. The topological polar surface area (TPSA) is 15.8 Å². The molecule has 0 atom stereocenters. The summed E-state index contributed by atoms with van der Waals surface area (Å²) in [6.45, 7) is 4.27. The molecule has 0 fully saturated rings. The van der Waals surface area contributed by atoms with E-state index >= 15 is 0 Å². The maximum absolute atomic E-state index is 4.55. The van der Waals surface area contributed by atoms with Crippen LogP contribution < -0.4 is 0 Å². The number of aromatic amines is 1. The van der Waals surface area contributed by atoms with E-state index in [0.717, 1.165) is 6.42 Å². The summed E-state index contributed by atoms with van der Waals surface area (Å²) in [6, 6.07) is 8.38. The lowest BCUT2D eigenvalue weighted by Gasteiger charge is -2.16. The fourth-order valence-electron chi connectivity index (χ4n) is 1.74. The Morgan fingerprint density at radius 3 is 2.71 bits per heavy atom. The van der Waals surface area contributed by atoms with Crippen LogP contribution in [-0.4, -0.2) is 9.73 Å². The zero-order valence-electron chi connectivity index (χ0n) is 8.54. The minimum atomic E-state index is 0.0466. The van der Waals surface area contributed by atoms with Gasteiger partial charge in [-0.05, 0) is 18.1 Å². The lowest BCUT2D eigenvalue weighted by Crippen LogP contribution is -2.13. The van der Waals surface area contributed by atoms with Crippen molar-refractivity contribution in [1.82, 2.24) is 4.98 Å². The zero-order valence-corrected chi connectivity index (χ0v) is 9.44. The Morgan fingerprint density at radius 2 is 2.00 bits per heavy atom. The van der Waals surface area contributed by atoms with Gasteiger partial charge in [0.05, 0.1) is 0 Å². The first kappa shape index (κ1) is 9.66. The Kier molecular flexibility index (Phi) is 2.31. The minimum Gasteiger partial charge on any atom is -0.361 e. The molecule has 0 saturated heterocycles. The second kappa shape index (κ2) is 3.35. The molecule has 2 rings (SSSR count). The van der Waals surface area contributed by atoms with Crippen molar-refractivity contribution in [1.29, 1.82) is 0 Å². The van der Waals surface area contributed by atoms with E-state index in [1.807, 2.05) is 0 Å². The molecular formula is C12H15NS. The molecule has 1 nitrogen and oxygen atoms in total. The molecule has 0 radical (unpaired) electrons. The second-order valence-electron chi connectivity index (χ2n) is 4.35. The van der Waals surface area contributed by atoms with Gasteiger partial charge in [-0.25, -0.2) is 0 Å². The van der Waals surface area contributed by atoms with Gasteiger partial charge in [0.25, 0.3) is 0 Å². The van der Waals surface area contributed by atoms with E-state index < -0.39 is 0 Å². The Balaban J connectivity index is 2.44. The van der Waals surface area contributed by atoms with E-state index in [9.17, 15) is 0 Å². The van der Waals surface area contributed by atoms with Gasteiger partial charge in [-0.3, -0.25) is 0 Å². The summed E-state index contributed by atoms with van der Waals surface area (Å²) in [5.74, 6) is 0. The van der Waals surface area contributed by atoms with Crippen LogP contribution in [0.1, 0.15) is 19.4 Å². The third kappa shape index (κ3) is 1.95. The molecule has 2 heteroatoms. The van der Waals surface area contributed by atoms with E-state index in [2.05, 4.69) is 61.9 Å². The predicted octanol–water partition coefficient (Wildman–Crippen LogP) is 3.42. The van der Waals surface area contributed by atoms with E-state index in [1.165, 1.54) is 16.5 Å². The fraction of sp³-hybridized carbons (Fsp3) is 0.333. The quantitative estimate of drug-likeness (QED) is 0.699. The average molecular weight is 205 g/mol. The van der Waals surface area contributed by atoms with Crippen LogP contribution in [0.2, 0.25) is 0 Å². The number of hydrogen-bond donors (Lipinski definition) is 2. The highest BCUT2D eigenvalue weighted by Crippen LogP contribution is 2.25. The average Bonchev–Trinajstić information content (AvgIpc) is 2.47. The van der Waals surface area contributed by atoms with E-state index in [-0.39, 0.29) is 4.75 Å². The summed E-state index contributed by atoms with van der Waals surface area (Å²) in [6.07, 6.45) is 3.07. The van der Waals surface area contributed by atoms with Crippen LogP contribution in [0, 0.1) is 0 Å². The number of thiol groups is 1. The molecule has 2 aromatic rings. The van der Waals surface area contributed by atoms with Gasteiger partial charge in [-0.1, -0.05) is 32.0 Å². The Morgan fingerprint density at radius 1 is 1.29 bits per heavy atom. The molecule has 0 unspecified atom stereocenters. The van der Waals surface area contributed by atoms with Gasteiger partial charge < -0.3 is 4.98 Å². The van der Waals surface area contributed by atoms with Crippen LogP contribution in [0.4, 0.5) is 0 Å². The van der Waals surface area contributed by atoms with Crippen LogP contribution in [-0.2, 0) is 6.42 Å². The van der Waals surface area contributed by atoms with Crippen molar-refractivity contribution < 1.29 is 0 Å². The number of benzene rings is 1. The molecular weight excluding hydrogens is 190 g/mol. The number of fused-ring (bicyclic) bond motifs is 1. The fourth-order valence-corrected chi connectivity index (χ4v) is 1.91. The molecule has 0 aliphatic heterocycles. The second-order valence-corrected chi connectivity index (χ2v) is 5.56. The van der Waals surface area contributed by atoms with Crippen LogP contribution in [0.25, 0.3) is 10.9 Å². The highest BCUT2D eigenvalue weighted by atomic mass is 32.1. The number of nitrogens with one attached hydrogen (secondary N) is 1. The van der Waals surface area contributed by atoms with Crippen molar-refractivity contribution in [2.45, 2.75) is 25.0 Å². The highest BCUT2D eigenvalue weighted by molar-refractivity contribution is 7.81. The van der Waals surface area contributed by atoms with Gasteiger partial charge in [-0.2, -0.15) is 12.6 Å². The normalized spacial score (nSPS) is 12.2.